The third-order valence-electron chi connectivity index (χ3n) is 6.57. The molecule has 1 N–H and O–H groups in total. The molecule has 8 nitrogen and oxygen atoms in total. The summed E-state index contributed by atoms with van der Waals surface area (Å²) in [5.74, 6) is 0.677. The topological polar surface area (TPSA) is 103 Å². The van der Waals surface area contributed by atoms with E-state index >= 15 is 0 Å². The summed E-state index contributed by atoms with van der Waals surface area (Å²) < 4.78 is 7.95. The Morgan fingerprint density at radius 3 is 2.32 bits per heavy atom. The van der Waals surface area contributed by atoms with Crippen molar-refractivity contribution in [3.8, 4) is 28.3 Å². The summed E-state index contributed by atoms with van der Waals surface area (Å²) in [5.41, 5.74) is 3.93. The van der Waals surface area contributed by atoms with E-state index in [1.54, 1.807) is 0 Å². The van der Waals surface area contributed by atoms with Crippen molar-refractivity contribution < 1.29 is 14.6 Å². The van der Waals surface area contributed by atoms with Crippen LogP contribution in [-0.4, -0.2) is 42.9 Å². The van der Waals surface area contributed by atoms with Gasteiger partial charge in [0.1, 0.15) is 0 Å². The Hall–Kier alpha value is -4.07. The van der Waals surface area contributed by atoms with Crippen LogP contribution < -0.4 is 4.74 Å². The summed E-state index contributed by atoms with van der Waals surface area (Å²) in [6, 6.07) is 24.5. The monoisotopic (exact) mass is 513 g/mol. The molecule has 2 aromatic carbocycles. The molecule has 0 saturated carbocycles. The quantitative estimate of drug-likeness (QED) is 0.201. The van der Waals surface area contributed by atoms with Gasteiger partial charge < -0.3 is 9.84 Å². The van der Waals surface area contributed by atoms with Crippen molar-refractivity contribution in [3.05, 3.63) is 78.6 Å². The predicted molar refractivity (Wildman–Crippen MR) is 147 cm³/mol. The molecule has 0 aliphatic heterocycles. The molecule has 4 rings (SSSR count). The second-order valence-electron chi connectivity index (χ2n) is 10.1. The van der Waals surface area contributed by atoms with E-state index in [1.165, 1.54) is 0 Å². The number of tetrazole rings is 1. The van der Waals surface area contributed by atoms with Crippen LogP contribution in [0.1, 0.15) is 58.2 Å². The van der Waals surface area contributed by atoms with E-state index in [0.29, 0.717) is 25.5 Å². The highest BCUT2D eigenvalue weighted by Crippen LogP contribution is 2.30. The van der Waals surface area contributed by atoms with Gasteiger partial charge in [0.2, 0.25) is 5.88 Å². The minimum Gasteiger partial charge on any atom is -0.481 e. The first-order valence-corrected chi connectivity index (χ1v) is 13.2. The number of aliphatic carboxylic acids is 1. The van der Waals surface area contributed by atoms with Gasteiger partial charge in [-0.15, -0.1) is 5.10 Å². The molecule has 0 amide bonds. The number of hydrogen-bond donors (Lipinski definition) is 1. The maximum atomic E-state index is 10.8. The molecule has 0 radical (unpaired) electrons. The predicted octanol–water partition coefficient (Wildman–Crippen LogP) is 6.18. The van der Waals surface area contributed by atoms with Crippen molar-refractivity contribution in [2.75, 3.05) is 6.61 Å². The van der Waals surface area contributed by atoms with Gasteiger partial charge >= 0.3 is 5.97 Å². The lowest BCUT2D eigenvalue weighted by atomic mass is 9.86. The Balaban J connectivity index is 1.34. The zero-order valence-electron chi connectivity index (χ0n) is 22.1. The zero-order valence-corrected chi connectivity index (χ0v) is 22.1. The minimum absolute atomic E-state index is 0.163. The molecule has 8 heteroatoms. The summed E-state index contributed by atoms with van der Waals surface area (Å²) in [4.78, 5) is 15.5. The van der Waals surface area contributed by atoms with Gasteiger partial charge in [-0.25, -0.2) is 9.67 Å². The van der Waals surface area contributed by atoms with Crippen LogP contribution in [-0.2, 0) is 16.8 Å². The van der Waals surface area contributed by atoms with Gasteiger partial charge in [-0.05, 0) is 59.7 Å². The van der Waals surface area contributed by atoms with Crippen LogP contribution in [0.5, 0.6) is 5.88 Å². The van der Waals surface area contributed by atoms with E-state index in [-0.39, 0.29) is 11.8 Å². The number of benzene rings is 2. The van der Waals surface area contributed by atoms with Gasteiger partial charge in [0.05, 0.1) is 12.3 Å². The number of ether oxygens (including phenoxy) is 1. The molecule has 2 aromatic heterocycles. The number of rotatable bonds is 14. The van der Waals surface area contributed by atoms with E-state index in [4.69, 9.17) is 14.8 Å². The molecule has 38 heavy (non-hydrogen) atoms. The zero-order chi connectivity index (χ0) is 26.8. The van der Waals surface area contributed by atoms with Crippen LogP contribution in [0.25, 0.3) is 22.4 Å². The first-order valence-electron chi connectivity index (χ1n) is 13.2. The smallest absolute Gasteiger partial charge is 0.303 e. The number of carboxylic acid groups (broad SMARTS) is 1. The minimum atomic E-state index is -0.775. The average Bonchev–Trinajstić information content (AvgIpc) is 3.41. The number of carboxylic acids is 1. The molecule has 2 heterocycles. The summed E-state index contributed by atoms with van der Waals surface area (Å²) >= 11 is 0. The van der Waals surface area contributed by atoms with Crippen LogP contribution in [0.2, 0.25) is 0 Å². The Bertz CT molecular complexity index is 1250. The standard InChI is InChI=1S/C30H35N5O3/c1-30(2,29-32-33-34-35(29)19-11-9-17-28(36)37)18-10-12-20-38-27-22-25(23-13-5-3-6-14-23)21-26(31-27)24-15-7-4-8-16-24/h3-8,13-16,21-22H,9-12,17-20H2,1-2H3,(H,36,37). The third-order valence-corrected chi connectivity index (χ3v) is 6.57. The van der Waals surface area contributed by atoms with Crippen molar-refractivity contribution in [3.63, 3.8) is 0 Å². The molecule has 0 aliphatic carbocycles. The molecular weight excluding hydrogens is 478 g/mol. The first kappa shape index (κ1) is 27.0. The second kappa shape index (κ2) is 12.9. The lowest BCUT2D eigenvalue weighted by molar-refractivity contribution is -0.137. The third kappa shape index (κ3) is 7.47. The highest BCUT2D eigenvalue weighted by Gasteiger charge is 2.27. The molecule has 0 spiro atoms. The largest absolute Gasteiger partial charge is 0.481 e. The van der Waals surface area contributed by atoms with Crippen LogP contribution in [0.15, 0.2) is 72.8 Å². The van der Waals surface area contributed by atoms with E-state index in [1.807, 2.05) is 47.1 Å². The van der Waals surface area contributed by atoms with Crippen LogP contribution in [0, 0.1) is 0 Å². The molecular formula is C30H35N5O3. The maximum absolute atomic E-state index is 10.8. The number of aromatic nitrogens is 5. The molecule has 0 unspecified atom stereocenters. The van der Waals surface area contributed by atoms with Crippen LogP contribution >= 0.6 is 0 Å². The fourth-order valence-electron chi connectivity index (χ4n) is 4.47. The Labute approximate surface area is 223 Å². The van der Waals surface area contributed by atoms with E-state index in [2.05, 4.69) is 59.7 Å². The molecule has 4 aromatic rings. The highest BCUT2D eigenvalue weighted by molar-refractivity contribution is 5.71. The number of aryl methyl sites for hydroxylation is 1. The van der Waals surface area contributed by atoms with Gasteiger partial charge in [0, 0.05) is 30.0 Å². The van der Waals surface area contributed by atoms with E-state index in [0.717, 1.165) is 53.9 Å². The normalized spacial score (nSPS) is 11.4. The van der Waals surface area contributed by atoms with Crippen molar-refractivity contribution in [2.45, 2.75) is 64.3 Å². The first-order chi connectivity index (χ1) is 18.4. The summed E-state index contributed by atoms with van der Waals surface area (Å²) in [7, 11) is 0. The number of carbonyl (C=O) groups is 1. The molecule has 0 atom stereocenters. The van der Waals surface area contributed by atoms with Gasteiger partial charge in [-0.3, -0.25) is 4.79 Å². The van der Waals surface area contributed by atoms with Crippen molar-refractivity contribution in [1.29, 1.82) is 0 Å². The molecule has 0 saturated heterocycles. The molecule has 0 fully saturated rings. The summed E-state index contributed by atoms with van der Waals surface area (Å²) in [6.07, 6.45) is 4.23. The fourth-order valence-corrected chi connectivity index (χ4v) is 4.47. The van der Waals surface area contributed by atoms with Gasteiger partial charge in [0.25, 0.3) is 0 Å². The highest BCUT2D eigenvalue weighted by atomic mass is 16.5. The summed E-state index contributed by atoms with van der Waals surface area (Å²) in [6.45, 7) is 5.47. The van der Waals surface area contributed by atoms with E-state index in [9.17, 15) is 4.79 Å². The maximum Gasteiger partial charge on any atom is 0.303 e. The van der Waals surface area contributed by atoms with Crippen LogP contribution in [0.3, 0.4) is 0 Å². The number of unbranched alkanes of at least 4 members (excludes halogenated alkanes) is 2. The molecule has 198 valence electrons. The van der Waals surface area contributed by atoms with Gasteiger partial charge in [0.15, 0.2) is 5.82 Å². The van der Waals surface area contributed by atoms with Crippen LogP contribution in [0.4, 0.5) is 0 Å². The SMILES string of the molecule is CC(C)(CCCCOc1cc(-c2ccccc2)cc(-c2ccccc2)n1)c1nnnn1CCCCC(=O)O. The Morgan fingerprint density at radius 2 is 1.61 bits per heavy atom. The van der Waals surface area contributed by atoms with Crippen molar-refractivity contribution in [1.82, 2.24) is 25.2 Å². The van der Waals surface area contributed by atoms with Crippen molar-refractivity contribution >= 4 is 5.97 Å². The number of nitrogens with zero attached hydrogens (tertiary/aromatic N) is 5. The summed E-state index contributed by atoms with van der Waals surface area (Å²) in [5, 5.41) is 21.1. The Kier molecular flexibility index (Phi) is 9.19. The molecule has 0 aliphatic rings. The number of pyridine rings is 1. The lowest BCUT2D eigenvalue weighted by Crippen LogP contribution is -2.24. The fraction of sp³-hybridized carbons (Fsp3) is 0.367. The molecule has 0 bridgehead atoms. The number of hydrogen-bond acceptors (Lipinski definition) is 6. The Morgan fingerprint density at radius 1 is 0.895 bits per heavy atom. The average molecular weight is 514 g/mol. The lowest BCUT2D eigenvalue weighted by Gasteiger charge is -2.23. The van der Waals surface area contributed by atoms with E-state index < -0.39 is 5.97 Å². The van der Waals surface area contributed by atoms with Crippen molar-refractivity contribution in [2.24, 2.45) is 0 Å². The second-order valence-corrected chi connectivity index (χ2v) is 10.1. The van der Waals surface area contributed by atoms with Gasteiger partial charge in [-0.1, -0.05) is 74.5 Å². The van der Waals surface area contributed by atoms with Gasteiger partial charge in [-0.2, -0.15) is 0 Å².